The first kappa shape index (κ1) is 17.2. The normalized spacial score (nSPS) is 19.1. The third-order valence-electron chi connectivity index (χ3n) is 4.07. The molecule has 0 spiro atoms. The molecule has 0 amide bonds. The summed E-state index contributed by atoms with van der Waals surface area (Å²) >= 11 is 0. The van der Waals surface area contributed by atoms with E-state index in [2.05, 4.69) is 4.65 Å². The monoisotopic (exact) mass is 360 g/mol. The second-order valence-corrected chi connectivity index (χ2v) is 5.65. The number of aromatic nitrogens is 1. The van der Waals surface area contributed by atoms with Crippen LogP contribution < -0.4 is 11.2 Å². The maximum Gasteiger partial charge on any atom is 0.798 e. The number of anilines is 1. The third kappa shape index (κ3) is 2.63. The number of nitrogens with two attached hydrogens (primary N) is 1. The number of aryl methyl sites for hydroxylation is 1. The molecule has 11 heteroatoms. The molecule has 0 radical (unpaired) electrons. The molecule has 5 nitrogen and oxygen atoms in total. The van der Waals surface area contributed by atoms with Crippen LogP contribution in [-0.4, -0.2) is 24.2 Å². The summed E-state index contributed by atoms with van der Waals surface area (Å²) in [6.07, 6.45) is -0.540. The zero-order valence-corrected chi connectivity index (χ0v) is 12.7. The van der Waals surface area contributed by atoms with Crippen molar-refractivity contribution >= 4 is 30.0 Å². The number of alkyl halides is 1. The van der Waals surface area contributed by atoms with Crippen LogP contribution in [0.5, 0.6) is 0 Å². The summed E-state index contributed by atoms with van der Waals surface area (Å²) in [6.45, 7) is 1.16. The molecular weight excluding hydrogens is 350 g/mol. The zero-order chi connectivity index (χ0) is 18.6. The van der Waals surface area contributed by atoms with Gasteiger partial charge in [-0.3, -0.25) is 4.79 Å². The number of nitrogen functional groups attached to an aromatic ring is 1. The molecule has 1 fully saturated rings. The molecule has 3 rings (SSSR count). The fraction of sp³-hybridized carbons (Fsp3) is 0.286. The molecule has 1 aromatic carbocycles. The SMILES string of the molecule is Cc1c(F)c(F)c(N)c2c(=O)c(C(=O)OB(F)F)cn([C@@H]3CC3F)c12. The summed E-state index contributed by atoms with van der Waals surface area (Å²) in [6, 6.07) is -0.857. The quantitative estimate of drug-likeness (QED) is 0.519. The Labute approximate surface area is 137 Å². The Hall–Kier alpha value is -2.59. The molecule has 25 heavy (non-hydrogen) atoms. The lowest BCUT2D eigenvalue weighted by Gasteiger charge is -2.16. The lowest BCUT2D eigenvalue weighted by atomic mass is 10.0. The van der Waals surface area contributed by atoms with E-state index in [1.165, 1.54) is 0 Å². The Morgan fingerprint density at radius 2 is 1.96 bits per heavy atom. The molecule has 132 valence electrons. The summed E-state index contributed by atoms with van der Waals surface area (Å²) in [5.74, 6) is -4.51. The van der Waals surface area contributed by atoms with Crippen molar-refractivity contribution in [2.75, 3.05) is 5.73 Å². The van der Waals surface area contributed by atoms with Gasteiger partial charge < -0.3 is 15.0 Å². The number of nitrogens with zero attached hydrogens (tertiary/aromatic N) is 1. The van der Waals surface area contributed by atoms with Crippen LogP contribution in [0, 0.1) is 18.6 Å². The van der Waals surface area contributed by atoms with E-state index in [4.69, 9.17) is 5.73 Å². The predicted molar refractivity (Wildman–Crippen MR) is 79.2 cm³/mol. The fourth-order valence-corrected chi connectivity index (χ4v) is 2.75. The van der Waals surface area contributed by atoms with Gasteiger partial charge in [-0.15, -0.1) is 0 Å². The fourth-order valence-electron chi connectivity index (χ4n) is 2.75. The average Bonchev–Trinajstić information content (AvgIpc) is 3.26. The second kappa shape index (κ2) is 5.75. The van der Waals surface area contributed by atoms with E-state index < -0.39 is 59.4 Å². The Morgan fingerprint density at radius 3 is 2.48 bits per heavy atom. The summed E-state index contributed by atoms with van der Waals surface area (Å²) < 4.78 is 70.7. The van der Waals surface area contributed by atoms with Crippen LogP contribution >= 0.6 is 0 Å². The van der Waals surface area contributed by atoms with E-state index in [9.17, 15) is 31.4 Å². The molecule has 0 aliphatic heterocycles. The van der Waals surface area contributed by atoms with Crippen LogP contribution in [0.2, 0.25) is 0 Å². The number of hydrogen-bond acceptors (Lipinski definition) is 4. The topological polar surface area (TPSA) is 74.3 Å². The van der Waals surface area contributed by atoms with E-state index in [1.54, 1.807) is 0 Å². The first-order chi connectivity index (χ1) is 11.6. The average molecular weight is 360 g/mol. The van der Waals surface area contributed by atoms with E-state index >= 15 is 0 Å². The highest BCUT2D eigenvalue weighted by atomic mass is 19.2. The van der Waals surface area contributed by atoms with Crippen LogP contribution in [0.15, 0.2) is 11.0 Å². The highest BCUT2D eigenvalue weighted by molar-refractivity contribution is 6.38. The standard InChI is InChI=1S/C14H10BF5N2O3/c1-4-9(17)10(18)11(21)8-12(4)22(7-2-6(7)16)3-5(13(8)23)14(24)25-15(19)20/h3,6-7H,2,21H2,1H3/t6?,7-/m1/s1. The van der Waals surface area contributed by atoms with Crippen LogP contribution in [-0.2, 0) is 4.65 Å². The van der Waals surface area contributed by atoms with E-state index in [0.717, 1.165) is 17.7 Å². The predicted octanol–water partition coefficient (Wildman–Crippen LogP) is 2.53. The van der Waals surface area contributed by atoms with Gasteiger partial charge in [0.25, 0.3) is 0 Å². The zero-order valence-electron chi connectivity index (χ0n) is 12.7. The van der Waals surface area contributed by atoms with Crippen molar-refractivity contribution in [1.82, 2.24) is 4.57 Å². The number of halogens is 5. The van der Waals surface area contributed by atoms with Gasteiger partial charge in [0.05, 0.1) is 22.6 Å². The van der Waals surface area contributed by atoms with Crippen molar-refractivity contribution in [3.8, 4) is 0 Å². The van der Waals surface area contributed by atoms with Gasteiger partial charge in [-0.05, 0) is 6.92 Å². The number of hydrogen-bond donors (Lipinski definition) is 1. The van der Waals surface area contributed by atoms with Gasteiger partial charge in [0.1, 0.15) is 11.7 Å². The third-order valence-corrected chi connectivity index (χ3v) is 4.07. The van der Waals surface area contributed by atoms with Crippen LogP contribution in [0.4, 0.5) is 27.5 Å². The Balaban J connectivity index is 2.41. The molecule has 1 aliphatic carbocycles. The summed E-state index contributed by atoms with van der Waals surface area (Å²) in [5, 5.41) is -0.584. The van der Waals surface area contributed by atoms with Gasteiger partial charge in [0.2, 0.25) is 5.43 Å². The van der Waals surface area contributed by atoms with Gasteiger partial charge in [-0.25, -0.2) is 26.6 Å². The molecular formula is C14H10BF5N2O3. The second-order valence-electron chi connectivity index (χ2n) is 5.65. The van der Waals surface area contributed by atoms with Gasteiger partial charge in [0.15, 0.2) is 11.6 Å². The Morgan fingerprint density at radius 1 is 1.36 bits per heavy atom. The van der Waals surface area contributed by atoms with Gasteiger partial charge in [-0.1, -0.05) is 0 Å². The first-order valence-corrected chi connectivity index (χ1v) is 7.10. The Kier molecular flexibility index (Phi) is 3.96. The molecule has 1 aromatic heterocycles. The van der Waals surface area contributed by atoms with E-state index in [-0.39, 0.29) is 17.5 Å². The number of pyridine rings is 1. The van der Waals surface area contributed by atoms with Crippen molar-refractivity contribution < 1.29 is 31.3 Å². The van der Waals surface area contributed by atoms with Crippen molar-refractivity contribution in [3.63, 3.8) is 0 Å². The Bertz CT molecular complexity index is 962. The maximum absolute atomic E-state index is 14.0. The lowest BCUT2D eigenvalue weighted by molar-refractivity contribution is 0.0693. The lowest BCUT2D eigenvalue weighted by Crippen LogP contribution is -2.25. The van der Waals surface area contributed by atoms with Gasteiger partial charge in [0, 0.05) is 18.2 Å². The van der Waals surface area contributed by atoms with E-state index in [1.807, 2.05) is 0 Å². The maximum atomic E-state index is 14.0. The number of benzene rings is 1. The van der Waals surface area contributed by atoms with Crippen molar-refractivity contribution in [1.29, 1.82) is 0 Å². The van der Waals surface area contributed by atoms with E-state index in [0.29, 0.717) is 0 Å². The summed E-state index contributed by atoms with van der Waals surface area (Å²) in [5.41, 5.74) is 1.99. The van der Waals surface area contributed by atoms with Crippen molar-refractivity contribution in [2.24, 2.45) is 0 Å². The first-order valence-electron chi connectivity index (χ1n) is 7.10. The molecule has 0 saturated heterocycles. The highest BCUT2D eigenvalue weighted by Crippen LogP contribution is 2.42. The number of fused-ring (bicyclic) bond motifs is 1. The largest absolute Gasteiger partial charge is 0.798 e. The highest BCUT2D eigenvalue weighted by Gasteiger charge is 2.41. The van der Waals surface area contributed by atoms with Crippen LogP contribution in [0.3, 0.4) is 0 Å². The minimum Gasteiger partial charge on any atom is -0.474 e. The van der Waals surface area contributed by atoms with Gasteiger partial charge in [-0.2, -0.15) is 0 Å². The molecule has 2 atom stereocenters. The summed E-state index contributed by atoms with van der Waals surface area (Å²) in [7, 11) is -3.49. The van der Waals surface area contributed by atoms with Crippen molar-refractivity contribution in [3.05, 3.63) is 39.2 Å². The minimum atomic E-state index is -3.49. The number of carbonyl (C=O) groups is 1. The molecule has 1 saturated carbocycles. The van der Waals surface area contributed by atoms with Gasteiger partial charge >= 0.3 is 13.4 Å². The molecule has 2 N–H and O–H groups in total. The van der Waals surface area contributed by atoms with Crippen LogP contribution in [0.1, 0.15) is 28.4 Å². The molecule has 1 aliphatic rings. The minimum absolute atomic E-state index is 0.000352. The molecule has 1 heterocycles. The number of carbonyl (C=O) groups excluding carboxylic acids is 1. The summed E-state index contributed by atoms with van der Waals surface area (Å²) in [4.78, 5) is 24.2. The smallest absolute Gasteiger partial charge is 0.474 e. The van der Waals surface area contributed by atoms with Crippen molar-refractivity contribution in [2.45, 2.75) is 25.6 Å². The molecule has 0 bridgehead atoms. The molecule has 1 unspecified atom stereocenters. The number of rotatable bonds is 3. The van der Waals surface area contributed by atoms with Crippen LogP contribution in [0.25, 0.3) is 10.9 Å². The molecule has 2 aromatic rings.